The summed E-state index contributed by atoms with van der Waals surface area (Å²) in [5, 5.41) is 3.12. The molecular weight excluding hydrogens is 373 g/mol. The van der Waals surface area contributed by atoms with E-state index in [0.717, 1.165) is 23.9 Å². The molecule has 25 heavy (non-hydrogen) atoms. The van der Waals surface area contributed by atoms with Crippen LogP contribution in [-0.4, -0.2) is 31.1 Å². The molecule has 0 saturated carbocycles. The molecule has 1 N–H and O–H groups in total. The van der Waals surface area contributed by atoms with Gasteiger partial charge in [-0.1, -0.05) is 11.6 Å². The number of nitrogens with one attached hydrogen (secondary N) is 1. The van der Waals surface area contributed by atoms with Crippen LogP contribution in [0.2, 0.25) is 4.34 Å². The van der Waals surface area contributed by atoms with Crippen LogP contribution in [0.25, 0.3) is 0 Å². The number of anilines is 1. The molecule has 3 rings (SSSR count). The maximum Gasteiger partial charge on any atom is 0.419 e. The molecule has 0 amide bonds. The fourth-order valence-electron chi connectivity index (χ4n) is 2.77. The molecular formula is C17H18ClF3N2OS. The minimum atomic E-state index is -4.44. The molecule has 0 spiro atoms. The van der Waals surface area contributed by atoms with E-state index in [0.29, 0.717) is 23.1 Å². The van der Waals surface area contributed by atoms with Gasteiger partial charge in [-0.3, -0.25) is 0 Å². The molecule has 1 aromatic carbocycles. The molecule has 1 aliphatic heterocycles. The third kappa shape index (κ3) is 4.80. The van der Waals surface area contributed by atoms with Crippen molar-refractivity contribution in [2.45, 2.75) is 25.2 Å². The molecule has 8 heteroatoms. The Balaban J connectivity index is 1.77. The normalized spacial score (nSPS) is 18.5. The number of thiophene rings is 1. The first kappa shape index (κ1) is 18.4. The number of benzene rings is 1. The van der Waals surface area contributed by atoms with Crippen molar-refractivity contribution in [1.82, 2.24) is 4.90 Å². The molecule has 3 nitrogen and oxygen atoms in total. The van der Waals surface area contributed by atoms with Crippen molar-refractivity contribution < 1.29 is 17.9 Å². The summed E-state index contributed by atoms with van der Waals surface area (Å²) in [7, 11) is 1.93. The van der Waals surface area contributed by atoms with Crippen LogP contribution in [0.15, 0.2) is 30.3 Å². The fraction of sp³-hybridized carbons (Fsp3) is 0.412. The molecule has 0 aliphatic carbocycles. The summed E-state index contributed by atoms with van der Waals surface area (Å²) < 4.78 is 46.1. The standard InChI is InChI=1S/C17H18ClF3N2OS/c1-23-7-6-12(10-23)24-15-8-11(2-4-14(15)17(19,20)21)22-9-13-3-5-16(18)25-13/h2-5,8,12,22H,6-7,9-10H2,1H3/t12-/m1/s1. The highest BCUT2D eigenvalue weighted by Crippen LogP contribution is 2.38. The lowest BCUT2D eigenvalue weighted by molar-refractivity contribution is -0.139. The smallest absolute Gasteiger partial charge is 0.419 e. The quantitative estimate of drug-likeness (QED) is 0.767. The Kier molecular flexibility index (Phi) is 5.46. The van der Waals surface area contributed by atoms with Gasteiger partial charge < -0.3 is 15.0 Å². The molecule has 136 valence electrons. The van der Waals surface area contributed by atoms with Gasteiger partial charge in [0.2, 0.25) is 0 Å². The predicted octanol–water partition coefficient (Wildman–Crippen LogP) is 5.12. The monoisotopic (exact) mass is 390 g/mol. The number of nitrogens with zero attached hydrogens (tertiary/aromatic N) is 1. The summed E-state index contributed by atoms with van der Waals surface area (Å²) in [6.45, 7) is 1.94. The van der Waals surface area contributed by atoms with E-state index in [1.54, 1.807) is 6.07 Å². The first-order valence-electron chi connectivity index (χ1n) is 7.86. The Morgan fingerprint density at radius 3 is 2.72 bits per heavy atom. The van der Waals surface area contributed by atoms with Crippen LogP contribution < -0.4 is 10.1 Å². The van der Waals surface area contributed by atoms with Gasteiger partial charge in [0.05, 0.1) is 9.90 Å². The van der Waals surface area contributed by atoms with Crippen LogP contribution in [0.4, 0.5) is 18.9 Å². The number of hydrogen-bond acceptors (Lipinski definition) is 4. The molecule has 1 saturated heterocycles. The predicted molar refractivity (Wildman–Crippen MR) is 94.6 cm³/mol. The highest BCUT2D eigenvalue weighted by molar-refractivity contribution is 7.16. The molecule has 1 fully saturated rings. The van der Waals surface area contributed by atoms with Gasteiger partial charge in [-0.2, -0.15) is 13.2 Å². The van der Waals surface area contributed by atoms with Crippen LogP contribution >= 0.6 is 22.9 Å². The summed E-state index contributed by atoms with van der Waals surface area (Å²) in [6, 6.07) is 7.59. The van der Waals surface area contributed by atoms with Gasteiger partial charge in [0.1, 0.15) is 11.9 Å². The van der Waals surface area contributed by atoms with Crippen molar-refractivity contribution in [3.63, 3.8) is 0 Å². The van der Waals surface area contributed by atoms with Gasteiger partial charge in [-0.15, -0.1) is 11.3 Å². The van der Waals surface area contributed by atoms with E-state index in [1.807, 2.05) is 18.0 Å². The largest absolute Gasteiger partial charge is 0.488 e. The summed E-state index contributed by atoms with van der Waals surface area (Å²) in [6.07, 6.45) is -3.95. The first-order valence-corrected chi connectivity index (χ1v) is 9.05. The van der Waals surface area contributed by atoms with Crippen LogP contribution in [0, 0.1) is 0 Å². The second-order valence-corrected chi connectivity index (χ2v) is 7.86. The number of ether oxygens (including phenoxy) is 1. The summed E-state index contributed by atoms with van der Waals surface area (Å²) >= 11 is 7.32. The Morgan fingerprint density at radius 2 is 2.12 bits per heavy atom. The second-order valence-electron chi connectivity index (χ2n) is 6.06. The molecule has 1 aliphatic rings. The van der Waals surface area contributed by atoms with Crippen LogP contribution in [-0.2, 0) is 12.7 Å². The third-order valence-electron chi connectivity index (χ3n) is 4.02. The first-order chi connectivity index (χ1) is 11.8. The molecule has 0 unspecified atom stereocenters. The molecule has 1 atom stereocenters. The Bertz CT molecular complexity index is 735. The highest BCUT2D eigenvalue weighted by atomic mass is 35.5. The lowest BCUT2D eigenvalue weighted by Crippen LogP contribution is -2.22. The minimum absolute atomic E-state index is 0.123. The van der Waals surface area contributed by atoms with Gasteiger partial charge in [-0.25, -0.2) is 0 Å². The molecule has 0 bridgehead atoms. The van der Waals surface area contributed by atoms with Crippen LogP contribution in [0.1, 0.15) is 16.9 Å². The Labute approximate surface area is 153 Å². The number of rotatable bonds is 5. The average molecular weight is 391 g/mol. The van der Waals surface area contributed by atoms with Crippen LogP contribution in [0.3, 0.4) is 0 Å². The van der Waals surface area contributed by atoms with Gasteiger partial charge in [0, 0.05) is 36.3 Å². The summed E-state index contributed by atoms with van der Waals surface area (Å²) in [4.78, 5) is 3.05. The van der Waals surface area contributed by atoms with Crippen molar-refractivity contribution in [2.24, 2.45) is 0 Å². The molecule has 1 aromatic heterocycles. The zero-order chi connectivity index (χ0) is 18.0. The molecule has 2 aromatic rings. The zero-order valence-electron chi connectivity index (χ0n) is 13.6. The minimum Gasteiger partial charge on any atom is -0.488 e. The SMILES string of the molecule is CN1CC[C@@H](Oc2cc(NCc3ccc(Cl)s3)ccc2C(F)(F)F)C1. The fourth-order valence-corrected chi connectivity index (χ4v) is 3.80. The van der Waals surface area contributed by atoms with Gasteiger partial charge in [0.15, 0.2) is 0 Å². The van der Waals surface area contributed by atoms with Gasteiger partial charge in [-0.05, 0) is 37.7 Å². The highest BCUT2D eigenvalue weighted by Gasteiger charge is 2.35. The average Bonchev–Trinajstić information content (AvgIpc) is 3.12. The van der Waals surface area contributed by atoms with E-state index in [9.17, 15) is 13.2 Å². The molecule has 0 radical (unpaired) electrons. The van der Waals surface area contributed by atoms with Crippen molar-refractivity contribution in [1.29, 1.82) is 0 Å². The zero-order valence-corrected chi connectivity index (χ0v) is 15.1. The van der Waals surface area contributed by atoms with Crippen molar-refractivity contribution in [3.05, 3.63) is 45.1 Å². The topological polar surface area (TPSA) is 24.5 Å². The number of hydrogen-bond donors (Lipinski definition) is 1. The van der Waals surface area contributed by atoms with Crippen LogP contribution in [0.5, 0.6) is 5.75 Å². The van der Waals surface area contributed by atoms with E-state index >= 15 is 0 Å². The third-order valence-corrected chi connectivity index (χ3v) is 5.26. The lowest BCUT2D eigenvalue weighted by atomic mass is 10.1. The number of halogens is 4. The van der Waals surface area contributed by atoms with E-state index in [4.69, 9.17) is 16.3 Å². The van der Waals surface area contributed by atoms with Gasteiger partial charge in [0.25, 0.3) is 0 Å². The van der Waals surface area contributed by atoms with Gasteiger partial charge >= 0.3 is 6.18 Å². The van der Waals surface area contributed by atoms with E-state index in [1.165, 1.54) is 23.5 Å². The maximum absolute atomic E-state index is 13.3. The second kappa shape index (κ2) is 7.43. The summed E-state index contributed by atoms with van der Waals surface area (Å²) in [5.41, 5.74) is -0.161. The molecule has 2 heterocycles. The van der Waals surface area contributed by atoms with E-state index in [-0.39, 0.29) is 11.9 Å². The number of likely N-dealkylation sites (N-methyl/N-ethyl adjacent to an activating group) is 1. The Morgan fingerprint density at radius 1 is 1.32 bits per heavy atom. The van der Waals surface area contributed by atoms with E-state index in [2.05, 4.69) is 5.32 Å². The van der Waals surface area contributed by atoms with Crippen molar-refractivity contribution in [3.8, 4) is 5.75 Å². The lowest BCUT2D eigenvalue weighted by Gasteiger charge is -2.19. The van der Waals surface area contributed by atoms with Crippen molar-refractivity contribution >= 4 is 28.6 Å². The number of alkyl halides is 3. The van der Waals surface area contributed by atoms with E-state index < -0.39 is 11.7 Å². The Hall–Kier alpha value is -1.44. The maximum atomic E-state index is 13.3. The summed E-state index contributed by atoms with van der Waals surface area (Å²) in [5.74, 6) is -0.123. The van der Waals surface area contributed by atoms with Crippen molar-refractivity contribution in [2.75, 3.05) is 25.5 Å². The number of likely N-dealkylation sites (tertiary alicyclic amines) is 1.